The van der Waals surface area contributed by atoms with Gasteiger partial charge in [-0.1, -0.05) is 19.4 Å². The minimum Gasteiger partial charge on any atom is -0.493 e. The summed E-state index contributed by atoms with van der Waals surface area (Å²) < 4.78 is 10.4. The molecule has 3 nitrogen and oxygen atoms in total. The third kappa shape index (κ3) is 3.93. The lowest BCUT2D eigenvalue weighted by molar-refractivity contribution is 0.0505. The van der Waals surface area contributed by atoms with Gasteiger partial charge in [0.1, 0.15) is 0 Å². The first-order valence-corrected chi connectivity index (χ1v) is 5.95. The summed E-state index contributed by atoms with van der Waals surface area (Å²) >= 11 is 0. The van der Waals surface area contributed by atoms with E-state index in [1.807, 2.05) is 25.1 Å². The molecule has 0 aliphatic carbocycles. The Bertz CT molecular complexity index is 358. The summed E-state index contributed by atoms with van der Waals surface area (Å²) in [6.45, 7) is 3.94. The van der Waals surface area contributed by atoms with Crippen molar-refractivity contribution in [2.45, 2.75) is 38.7 Å². The number of methoxy groups -OCH3 is 2. The van der Waals surface area contributed by atoms with Gasteiger partial charge < -0.3 is 14.6 Å². The van der Waals surface area contributed by atoms with Crippen molar-refractivity contribution in [3.05, 3.63) is 23.8 Å². The highest BCUT2D eigenvalue weighted by Gasteiger charge is 2.20. The van der Waals surface area contributed by atoms with Gasteiger partial charge in [-0.2, -0.15) is 0 Å². The second kappa shape index (κ2) is 5.92. The van der Waals surface area contributed by atoms with E-state index in [-0.39, 0.29) is 0 Å². The van der Waals surface area contributed by atoms with Gasteiger partial charge in [0.25, 0.3) is 0 Å². The monoisotopic (exact) mass is 238 g/mol. The molecule has 0 fully saturated rings. The van der Waals surface area contributed by atoms with E-state index >= 15 is 0 Å². The van der Waals surface area contributed by atoms with Gasteiger partial charge in [0, 0.05) is 6.42 Å². The van der Waals surface area contributed by atoms with E-state index in [0.29, 0.717) is 17.9 Å². The molecule has 96 valence electrons. The quantitative estimate of drug-likeness (QED) is 0.828. The fraction of sp³-hybridized carbons (Fsp3) is 0.571. The highest BCUT2D eigenvalue weighted by atomic mass is 16.5. The second-order valence-corrected chi connectivity index (χ2v) is 4.61. The Kier molecular flexibility index (Phi) is 4.82. The SMILES string of the molecule is CCCC(C)(O)Cc1ccc(OC)c(OC)c1. The normalized spacial score (nSPS) is 14.2. The smallest absolute Gasteiger partial charge is 0.160 e. The van der Waals surface area contributed by atoms with Gasteiger partial charge in [0.05, 0.1) is 19.8 Å². The molecule has 0 radical (unpaired) electrons. The van der Waals surface area contributed by atoms with E-state index in [4.69, 9.17) is 9.47 Å². The number of hydrogen-bond donors (Lipinski definition) is 1. The van der Waals surface area contributed by atoms with Crippen LogP contribution in [-0.4, -0.2) is 24.9 Å². The molecule has 0 aliphatic rings. The van der Waals surface area contributed by atoms with E-state index in [0.717, 1.165) is 18.4 Å². The van der Waals surface area contributed by atoms with Crippen LogP contribution in [-0.2, 0) is 6.42 Å². The van der Waals surface area contributed by atoms with Crippen LogP contribution >= 0.6 is 0 Å². The molecule has 3 heteroatoms. The van der Waals surface area contributed by atoms with Crippen LogP contribution in [0, 0.1) is 0 Å². The molecule has 0 saturated carbocycles. The molecule has 1 atom stereocenters. The molecule has 1 aromatic rings. The molecule has 1 rings (SSSR count). The Morgan fingerprint density at radius 3 is 2.35 bits per heavy atom. The van der Waals surface area contributed by atoms with Crippen molar-refractivity contribution in [1.82, 2.24) is 0 Å². The summed E-state index contributed by atoms with van der Waals surface area (Å²) in [5, 5.41) is 10.2. The molecule has 1 aromatic carbocycles. The molecule has 0 aromatic heterocycles. The molecule has 0 amide bonds. The van der Waals surface area contributed by atoms with Gasteiger partial charge in [-0.3, -0.25) is 0 Å². The molecule has 0 bridgehead atoms. The predicted molar refractivity (Wildman–Crippen MR) is 68.8 cm³/mol. The lowest BCUT2D eigenvalue weighted by atomic mass is 9.92. The maximum atomic E-state index is 10.2. The van der Waals surface area contributed by atoms with Crippen LogP contribution in [0.5, 0.6) is 11.5 Å². The largest absolute Gasteiger partial charge is 0.493 e. The Morgan fingerprint density at radius 1 is 1.18 bits per heavy atom. The summed E-state index contributed by atoms with van der Waals surface area (Å²) in [6, 6.07) is 5.75. The molecule has 1 unspecified atom stereocenters. The predicted octanol–water partition coefficient (Wildman–Crippen LogP) is 2.80. The highest BCUT2D eigenvalue weighted by Crippen LogP contribution is 2.29. The van der Waals surface area contributed by atoms with Gasteiger partial charge >= 0.3 is 0 Å². The number of rotatable bonds is 6. The molecule has 1 N–H and O–H groups in total. The van der Waals surface area contributed by atoms with Crippen molar-refractivity contribution in [2.75, 3.05) is 14.2 Å². The van der Waals surface area contributed by atoms with Crippen LogP contribution in [0.2, 0.25) is 0 Å². The van der Waals surface area contributed by atoms with Crippen LogP contribution in [0.15, 0.2) is 18.2 Å². The van der Waals surface area contributed by atoms with Gasteiger partial charge in [-0.25, -0.2) is 0 Å². The number of aliphatic hydroxyl groups is 1. The van der Waals surface area contributed by atoms with E-state index in [1.165, 1.54) is 0 Å². The average molecular weight is 238 g/mol. The summed E-state index contributed by atoms with van der Waals surface area (Å²) in [4.78, 5) is 0. The van der Waals surface area contributed by atoms with E-state index < -0.39 is 5.60 Å². The zero-order valence-electron chi connectivity index (χ0n) is 11.1. The average Bonchev–Trinajstić information content (AvgIpc) is 2.28. The van der Waals surface area contributed by atoms with Crippen molar-refractivity contribution >= 4 is 0 Å². The van der Waals surface area contributed by atoms with Crippen LogP contribution in [0.25, 0.3) is 0 Å². The summed E-state index contributed by atoms with van der Waals surface area (Å²) in [6.07, 6.45) is 2.39. The first-order chi connectivity index (χ1) is 8.02. The van der Waals surface area contributed by atoms with Crippen LogP contribution in [0.4, 0.5) is 0 Å². The summed E-state index contributed by atoms with van der Waals surface area (Å²) in [5.41, 5.74) is 0.398. The minimum atomic E-state index is -0.658. The molecular formula is C14H22O3. The number of hydrogen-bond acceptors (Lipinski definition) is 3. The first-order valence-electron chi connectivity index (χ1n) is 5.95. The zero-order chi connectivity index (χ0) is 12.9. The third-order valence-corrected chi connectivity index (χ3v) is 2.82. The maximum Gasteiger partial charge on any atom is 0.160 e. The summed E-state index contributed by atoms with van der Waals surface area (Å²) in [7, 11) is 3.23. The van der Waals surface area contributed by atoms with Gasteiger partial charge in [0.2, 0.25) is 0 Å². The van der Waals surface area contributed by atoms with Crippen LogP contribution in [0.1, 0.15) is 32.3 Å². The van der Waals surface area contributed by atoms with E-state index in [2.05, 4.69) is 6.92 Å². The second-order valence-electron chi connectivity index (χ2n) is 4.61. The molecule has 17 heavy (non-hydrogen) atoms. The van der Waals surface area contributed by atoms with Crippen molar-refractivity contribution in [1.29, 1.82) is 0 Å². The molecular weight excluding hydrogens is 216 g/mol. The number of benzene rings is 1. The van der Waals surface area contributed by atoms with Gasteiger partial charge in [0.15, 0.2) is 11.5 Å². The molecule has 0 spiro atoms. The molecule has 0 heterocycles. The van der Waals surface area contributed by atoms with E-state index in [1.54, 1.807) is 14.2 Å². The standard InChI is InChI=1S/C14H22O3/c1-5-8-14(2,15)10-11-6-7-12(16-3)13(9-11)17-4/h6-7,9,15H,5,8,10H2,1-4H3. The molecule has 0 aliphatic heterocycles. The maximum absolute atomic E-state index is 10.2. The topological polar surface area (TPSA) is 38.7 Å². The van der Waals surface area contributed by atoms with Crippen LogP contribution in [0.3, 0.4) is 0 Å². The van der Waals surface area contributed by atoms with E-state index in [9.17, 15) is 5.11 Å². The van der Waals surface area contributed by atoms with Crippen molar-refractivity contribution in [2.24, 2.45) is 0 Å². The Balaban J connectivity index is 2.85. The summed E-state index contributed by atoms with van der Waals surface area (Å²) in [5.74, 6) is 1.42. The fourth-order valence-corrected chi connectivity index (χ4v) is 2.06. The Morgan fingerprint density at radius 2 is 1.82 bits per heavy atom. The Labute approximate surface area is 103 Å². The molecule has 0 saturated heterocycles. The number of ether oxygens (including phenoxy) is 2. The van der Waals surface area contributed by atoms with Gasteiger partial charge in [-0.15, -0.1) is 0 Å². The first kappa shape index (κ1) is 13.8. The highest BCUT2D eigenvalue weighted by molar-refractivity contribution is 5.43. The van der Waals surface area contributed by atoms with Crippen molar-refractivity contribution < 1.29 is 14.6 Å². The fourth-order valence-electron chi connectivity index (χ4n) is 2.06. The van der Waals surface area contributed by atoms with Crippen molar-refractivity contribution in [3.8, 4) is 11.5 Å². The van der Waals surface area contributed by atoms with Gasteiger partial charge in [-0.05, 0) is 31.0 Å². The van der Waals surface area contributed by atoms with Crippen molar-refractivity contribution in [3.63, 3.8) is 0 Å². The lowest BCUT2D eigenvalue weighted by Crippen LogP contribution is -2.26. The zero-order valence-corrected chi connectivity index (χ0v) is 11.1. The minimum absolute atomic E-state index is 0.626. The third-order valence-electron chi connectivity index (χ3n) is 2.82. The van der Waals surface area contributed by atoms with Crippen LogP contribution < -0.4 is 9.47 Å². The Hall–Kier alpha value is -1.22. The lowest BCUT2D eigenvalue weighted by Gasteiger charge is -2.23.